The normalized spacial score (nSPS) is 14.2. The Labute approximate surface area is 253 Å². The maximum Gasteiger partial charge on any atom is 0.266 e. The highest BCUT2D eigenvalue weighted by Gasteiger charge is 2.28. The van der Waals surface area contributed by atoms with E-state index in [1.807, 2.05) is 0 Å². The first kappa shape index (κ1) is 40.3. The van der Waals surface area contributed by atoms with Crippen molar-refractivity contribution in [2.45, 2.75) is 199 Å². The summed E-state index contributed by atoms with van der Waals surface area (Å²) >= 11 is 0. The Hall–Kier alpha value is -0.700. The summed E-state index contributed by atoms with van der Waals surface area (Å²) in [6.07, 6.45) is 27.1. The van der Waals surface area contributed by atoms with Crippen LogP contribution in [0.15, 0.2) is 0 Å². The molecule has 7 nitrogen and oxygen atoms in total. The molecule has 0 heterocycles. The molecular formula is C33H67NO6S. The van der Waals surface area contributed by atoms with Crippen LogP contribution in [-0.2, 0) is 14.9 Å². The van der Waals surface area contributed by atoms with Crippen molar-refractivity contribution in [2.75, 3.05) is 5.75 Å². The number of carbonyl (C=O) groups is 1. The molecule has 0 aliphatic rings. The predicted octanol–water partition coefficient (Wildman–Crippen LogP) is 8.26. The van der Waals surface area contributed by atoms with Crippen LogP contribution in [0.3, 0.4) is 0 Å². The first-order chi connectivity index (χ1) is 19.7. The fraction of sp³-hybridized carbons (Fsp3) is 0.970. The summed E-state index contributed by atoms with van der Waals surface area (Å²) in [7, 11) is -4.39. The molecule has 0 spiro atoms. The molecule has 0 aromatic heterocycles. The summed E-state index contributed by atoms with van der Waals surface area (Å²) in [5.41, 5.74) is 0. The van der Waals surface area contributed by atoms with Crippen LogP contribution in [0.5, 0.6) is 0 Å². The van der Waals surface area contributed by atoms with Crippen molar-refractivity contribution >= 4 is 16.0 Å². The second kappa shape index (κ2) is 28.1. The van der Waals surface area contributed by atoms with Crippen molar-refractivity contribution in [3.63, 3.8) is 0 Å². The molecule has 246 valence electrons. The number of nitrogens with one attached hydrogen (secondary N) is 1. The van der Waals surface area contributed by atoms with Gasteiger partial charge in [0.25, 0.3) is 10.1 Å². The number of hydrogen-bond acceptors (Lipinski definition) is 5. The lowest BCUT2D eigenvalue weighted by Crippen LogP contribution is -2.50. The molecule has 3 unspecified atom stereocenters. The Morgan fingerprint density at radius 3 is 1.22 bits per heavy atom. The first-order valence-corrected chi connectivity index (χ1v) is 18.9. The standard InChI is InChI=1S/C33H67NO6S/c1-3-5-7-9-11-13-14-15-16-17-18-19-20-22-24-26-28-32(36)33(37)34-30(29-41(38,39)40)31(35)27-25-23-21-12-10-8-6-4-2/h30-32,35-36H,3-29H2,1-2H3,(H,34,37)(H,38,39,40). The van der Waals surface area contributed by atoms with Crippen LogP contribution in [0.1, 0.15) is 181 Å². The van der Waals surface area contributed by atoms with Crippen LogP contribution in [-0.4, -0.2) is 53.1 Å². The summed E-state index contributed by atoms with van der Waals surface area (Å²) in [6, 6.07) is -1.14. The molecule has 1 amide bonds. The van der Waals surface area contributed by atoms with Crippen LogP contribution in [0.25, 0.3) is 0 Å². The Bertz CT molecular complexity index is 687. The number of amides is 1. The molecule has 8 heteroatoms. The van der Waals surface area contributed by atoms with Gasteiger partial charge in [-0.3, -0.25) is 9.35 Å². The molecule has 41 heavy (non-hydrogen) atoms. The average molecular weight is 606 g/mol. The third kappa shape index (κ3) is 27.9. The third-order valence-corrected chi connectivity index (χ3v) is 8.95. The lowest BCUT2D eigenvalue weighted by molar-refractivity contribution is -0.131. The van der Waals surface area contributed by atoms with E-state index < -0.39 is 40.0 Å². The van der Waals surface area contributed by atoms with Gasteiger partial charge in [-0.2, -0.15) is 8.42 Å². The van der Waals surface area contributed by atoms with Gasteiger partial charge in [0.15, 0.2) is 0 Å². The summed E-state index contributed by atoms with van der Waals surface area (Å²) in [5.74, 6) is -1.45. The molecular weight excluding hydrogens is 538 g/mol. The van der Waals surface area contributed by atoms with E-state index in [2.05, 4.69) is 19.2 Å². The molecule has 0 saturated heterocycles. The van der Waals surface area contributed by atoms with E-state index in [1.54, 1.807) is 0 Å². The Kier molecular flexibility index (Phi) is 27.6. The fourth-order valence-electron chi connectivity index (χ4n) is 5.46. The van der Waals surface area contributed by atoms with E-state index in [1.165, 1.54) is 109 Å². The smallest absolute Gasteiger partial charge is 0.266 e. The largest absolute Gasteiger partial charge is 0.391 e. The lowest BCUT2D eigenvalue weighted by Gasteiger charge is -2.24. The zero-order chi connectivity index (χ0) is 30.6. The number of unbranched alkanes of at least 4 members (excludes halogenated alkanes) is 22. The maximum atomic E-state index is 12.5. The second-order valence-corrected chi connectivity index (χ2v) is 13.8. The van der Waals surface area contributed by atoms with E-state index in [0.717, 1.165) is 38.5 Å². The van der Waals surface area contributed by atoms with Crippen LogP contribution in [0, 0.1) is 0 Å². The Balaban J connectivity index is 3.98. The molecule has 4 N–H and O–H groups in total. The quantitative estimate of drug-likeness (QED) is 0.0466. The van der Waals surface area contributed by atoms with E-state index in [-0.39, 0.29) is 0 Å². The minimum atomic E-state index is -4.39. The van der Waals surface area contributed by atoms with Crippen molar-refractivity contribution in [1.29, 1.82) is 0 Å². The van der Waals surface area contributed by atoms with Crippen molar-refractivity contribution in [3.8, 4) is 0 Å². The predicted molar refractivity (Wildman–Crippen MR) is 172 cm³/mol. The highest BCUT2D eigenvalue weighted by Crippen LogP contribution is 2.16. The first-order valence-electron chi connectivity index (χ1n) is 17.3. The number of carbonyl (C=O) groups excluding carboxylic acids is 1. The summed E-state index contributed by atoms with van der Waals surface area (Å²) in [4.78, 5) is 12.5. The van der Waals surface area contributed by atoms with Gasteiger partial charge < -0.3 is 15.5 Å². The van der Waals surface area contributed by atoms with E-state index >= 15 is 0 Å². The molecule has 0 aromatic carbocycles. The SMILES string of the molecule is CCCCCCCCCCCCCCCCCCC(O)C(=O)NC(CS(=O)(=O)O)C(O)CCCCCCCCCC. The Morgan fingerprint density at radius 1 is 0.561 bits per heavy atom. The second-order valence-electron chi connectivity index (χ2n) is 12.3. The molecule has 0 aliphatic heterocycles. The minimum absolute atomic E-state index is 0.303. The van der Waals surface area contributed by atoms with E-state index in [9.17, 15) is 28.0 Å². The highest BCUT2D eigenvalue weighted by molar-refractivity contribution is 7.85. The van der Waals surface area contributed by atoms with E-state index in [0.29, 0.717) is 19.3 Å². The van der Waals surface area contributed by atoms with Gasteiger partial charge in [-0.05, 0) is 12.8 Å². The maximum absolute atomic E-state index is 12.5. The van der Waals surface area contributed by atoms with Gasteiger partial charge in [0.2, 0.25) is 5.91 Å². The molecule has 0 aromatic rings. The van der Waals surface area contributed by atoms with Gasteiger partial charge in [0.05, 0.1) is 17.9 Å². The number of aliphatic hydroxyl groups is 2. The van der Waals surface area contributed by atoms with Gasteiger partial charge >= 0.3 is 0 Å². The average Bonchev–Trinajstić information content (AvgIpc) is 2.92. The van der Waals surface area contributed by atoms with Gasteiger partial charge in [0.1, 0.15) is 6.10 Å². The number of aliphatic hydroxyl groups excluding tert-OH is 2. The Morgan fingerprint density at radius 2 is 0.878 bits per heavy atom. The number of rotatable bonds is 31. The van der Waals surface area contributed by atoms with Crippen LogP contribution in [0.4, 0.5) is 0 Å². The lowest BCUT2D eigenvalue weighted by atomic mass is 10.0. The van der Waals surface area contributed by atoms with Crippen molar-refractivity contribution in [2.24, 2.45) is 0 Å². The van der Waals surface area contributed by atoms with E-state index in [4.69, 9.17) is 0 Å². The minimum Gasteiger partial charge on any atom is -0.391 e. The molecule has 0 aliphatic carbocycles. The van der Waals surface area contributed by atoms with Crippen LogP contribution in [0.2, 0.25) is 0 Å². The molecule has 0 fully saturated rings. The summed E-state index contributed by atoms with van der Waals surface area (Å²) < 4.78 is 32.2. The van der Waals surface area contributed by atoms with Crippen LogP contribution < -0.4 is 5.32 Å². The summed E-state index contributed by atoms with van der Waals surface area (Å²) in [5, 5.41) is 23.3. The zero-order valence-corrected chi connectivity index (χ0v) is 27.6. The zero-order valence-electron chi connectivity index (χ0n) is 26.8. The van der Waals surface area contributed by atoms with Gasteiger partial charge in [-0.25, -0.2) is 0 Å². The van der Waals surface area contributed by atoms with Gasteiger partial charge in [-0.1, -0.05) is 168 Å². The topological polar surface area (TPSA) is 124 Å². The molecule has 0 bridgehead atoms. The van der Waals surface area contributed by atoms with Crippen molar-refractivity contribution in [3.05, 3.63) is 0 Å². The molecule has 0 saturated carbocycles. The molecule has 0 radical (unpaired) electrons. The summed E-state index contributed by atoms with van der Waals surface area (Å²) in [6.45, 7) is 4.44. The fourth-order valence-corrected chi connectivity index (χ4v) is 6.22. The highest BCUT2D eigenvalue weighted by atomic mass is 32.2. The van der Waals surface area contributed by atoms with Crippen molar-refractivity contribution in [1.82, 2.24) is 5.32 Å². The van der Waals surface area contributed by atoms with Gasteiger partial charge in [-0.15, -0.1) is 0 Å². The van der Waals surface area contributed by atoms with Crippen LogP contribution >= 0.6 is 0 Å². The third-order valence-electron chi connectivity index (χ3n) is 8.17. The molecule has 0 rings (SSSR count). The molecule has 3 atom stereocenters. The van der Waals surface area contributed by atoms with Crippen molar-refractivity contribution < 1.29 is 28.0 Å². The number of hydrogen-bond donors (Lipinski definition) is 4. The van der Waals surface area contributed by atoms with Gasteiger partial charge in [0, 0.05) is 0 Å². The monoisotopic (exact) mass is 605 g/mol.